The normalized spacial score (nSPS) is 19.4. The average Bonchev–Trinajstić information content (AvgIpc) is 3.33. The Kier molecular flexibility index (Phi) is 7.55. The number of aromatic nitrogens is 1. The van der Waals surface area contributed by atoms with Crippen molar-refractivity contribution in [2.45, 2.75) is 13.0 Å². The topological polar surface area (TPSA) is 64.2 Å². The van der Waals surface area contributed by atoms with Crippen molar-refractivity contribution in [3.63, 3.8) is 0 Å². The van der Waals surface area contributed by atoms with Gasteiger partial charge in [0.25, 0.3) is 0 Å². The largest absolute Gasteiger partial charge is 0.370 e. The minimum absolute atomic E-state index is 0.696. The van der Waals surface area contributed by atoms with Gasteiger partial charge in [-0.05, 0) is 12.0 Å². The van der Waals surface area contributed by atoms with Crippen molar-refractivity contribution >= 4 is 22.4 Å². The summed E-state index contributed by atoms with van der Waals surface area (Å²) in [5, 5.41) is 3.13. The number of nitrogens with zero attached hydrogens (tertiary/aromatic N) is 6. The Bertz CT molecular complexity index is 764. The number of benzene rings is 1. The van der Waals surface area contributed by atoms with Crippen molar-refractivity contribution in [1.29, 1.82) is 0 Å². The highest BCUT2D eigenvalue weighted by atomic mass is 32.1. The number of piperazine rings is 2. The fraction of sp³-hybridized carbons (Fsp3) is 0.545. The van der Waals surface area contributed by atoms with E-state index in [0.717, 1.165) is 83.5 Å². The molecule has 0 unspecified atom stereocenters. The van der Waals surface area contributed by atoms with Gasteiger partial charge < -0.3 is 20.4 Å². The zero-order valence-electron chi connectivity index (χ0n) is 17.7. The van der Waals surface area contributed by atoms with E-state index in [2.05, 4.69) is 59.9 Å². The Hall–Kier alpha value is -2.16. The standard InChI is InChI=1S/C22H33N7S/c23-21(28-14-16-29(17-15-28)22-25-8-18-30-22)24-7-4-9-26-10-12-27(13-11-26)19-20-5-2-1-3-6-20/h1-3,5-6,8,18H,4,7,9-17,19H2,(H2,23,24). The van der Waals surface area contributed by atoms with E-state index in [1.54, 1.807) is 11.3 Å². The van der Waals surface area contributed by atoms with E-state index in [0.29, 0.717) is 5.96 Å². The van der Waals surface area contributed by atoms with Crippen LogP contribution in [0.15, 0.2) is 46.9 Å². The highest BCUT2D eigenvalue weighted by Gasteiger charge is 2.20. The van der Waals surface area contributed by atoms with Crippen LogP contribution in [-0.4, -0.2) is 91.1 Å². The summed E-state index contributed by atoms with van der Waals surface area (Å²) in [7, 11) is 0. The molecule has 30 heavy (non-hydrogen) atoms. The molecule has 0 aliphatic carbocycles. The fourth-order valence-corrected chi connectivity index (χ4v) is 4.80. The second-order valence-corrected chi connectivity index (χ2v) is 8.86. The maximum Gasteiger partial charge on any atom is 0.191 e. The first kappa shape index (κ1) is 21.1. The van der Waals surface area contributed by atoms with Crippen LogP contribution in [0, 0.1) is 0 Å². The number of rotatable bonds is 7. The van der Waals surface area contributed by atoms with Crippen molar-refractivity contribution in [3.05, 3.63) is 47.5 Å². The van der Waals surface area contributed by atoms with Gasteiger partial charge in [0.15, 0.2) is 11.1 Å². The van der Waals surface area contributed by atoms with Crippen molar-refractivity contribution in [1.82, 2.24) is 19.7 Å². The van der Waals surface area contributed by atoms with Gasteiger partial charge >= 0.3 is 0 Å². The minimum atomic E-state index is 0.696. The van der Waals surface area contributed by atoms with E-state index in [1.807, 2.05) is 11.6 Å². The molecule has 1 aromatic carbocycles. The first-order valence-corrected chi connectivity index (χ1v) is 11.8. The van der Waals surface area contributed by atoms with E-state index in [-0.39, 0.29) is 0 Å². The molecule has 2 saturated heterocycles. The van der Waals surface area contributed by atoms with Gasteiger partial charge in [-0.2, -0.15) is 0 Å². The Morgan fingerprint density at radius 1 is 0.967 bits per heavy atom. The number of hydrogen-bond donors (Lipinski definition) is 1. The van der Waals surface area contributed by atoms with Crippen molar-refractivity contribution in [2.75, 3.05) is 70.3 Å². The lowest BCUT2D eigenvalue weighted by atomic mass is 10.2. The summed E-state index contributed by atoms with van der Waals surface area (Å²) in [5.41, 5.74) is 7.65. The summed E-state index contributed by atoms with van der Waals surface area (Å²) >= 11 is 1.70. The molecule has 7 nitrogen and oxygen atoms in total. The van der Waals surface area contributed by atoms with Crippen LogP contribution in [0.25, 0.3) is 0 Å². The van der Waals surface area contributed by atoms with Gasteiger partial charge in [-0.1, -0.05) is 30.3 Å². The highest BCUT2D eigenvalue weighted by molar-refractivity contribution is 7.13. The molecule has 8 heteroatoms. The lowest BCUT2D eigenvalue weighted by molar-refractivity contribution is 0.127. The zero-order chi connectivity index (χ0) is 20.6. The molecular formula is C22H33N7S. The molecule has 2 aromatic rings. The molecule has 0 saturated carbocycles. The van der Waals surface area contributed by atoms with E-state index >= 15 is 0 Å². The highest BCUT2D eigenvalue weighted by Crippen LogP contribution is 2.18. The molecule has 0 bridgehead atoms. The van der Waals surface area contributed by atoms with E-state index < -0.39 is 0 Å². The van der Waals surface area contributed by atoms with Crippen LogP contribution in [0.1, 0.15) is 12.0 Å². The molecule has 0 radical (unpaired) electrons. The van der Waals surface area contributed by atoms with Crippen LogP contribution in [0.4, 0.5) is 5.13 Å². The lowest BCUT2D eigenvalue weighted by Crippen LogP contribution is -2.51. The third-order valence-electron chi connectivity index (χ3n) is 5.91. The van der Waals surface area contributed by atoms with Crippen molar-refractivity contribution < 1.29 is 0 Å². The first-order valence-electron chi connectivity index (χ1n) is 11.0. The van der Waals surface area contributed by atoms with Crippen LogP contribution in [0.5, 0.6) is 0 Å². The van der Waals surface area contributed by atoms with Crippen molar-refractivity contribution in [2.24, 2.45) is 10.7 Å². The van der Waals surface area contributed by atoms with Gasteiger partial charge in [-0.15, -0.1) is 11.3 Å². The Morgan fingerprint density at radius 3 is 2.40 bits per heavy atom. The maximum atomic E-state index is 6.25. The Balaban J connectivity index is 1.10. The lowest BCUT2D eigenvalue weighted by Gasteiger charge is -2.35. The third kappa shape index (κ3) is 5.93. The Labute approximate surface area is 183 Å². The van der Waals surface area contributed by atoms with E-state index in [1.165, 1.54) is 5.56 Å². The van der Waals surface area contributed by atoms with Gasteiger partial charge in [0.05, 0.1) is 0 Å². The summed E-state index contributed by atoms with van der Waals surface area (Å²) in [5.74, 6) is 0.696. The maximum absolute atomic E-state index is 6.25. The molecular weight excluding hydrogens is 394 g/mol. The molecule has 2 aliphatic rings. The summed E-state index contributed by atoms with van der Waals surface area (Å²) < 4.78 is 0. The predicted octanol–water partition coefficient (Wildman–Crippen LogP) is 1.79. The number of anilines is 1. The fourth-order valence-electron chi connectivity index (χ4n) is 4.10. The summed E-state index contributed by atoms with van der Waals surface area (Å²) in [4.78, 5) is 18.7. The number of nitrogens with two attached hydrogens (primary N) is 1. The average molecular weight is 428 g/mol. The molecule has 2 fully saturated rings. The van der Waals surface area contributed by atoms with Crippen LogP contribution in [-0.2, 0) is 6.54 Å². The van der Waals surface area contributed by atoms with Gasteiger partial charge in [-0.3, -0.25) is 9.89 Å². The van der Waals surface area contributed by atoms with Crippen LogP contribution in [0.3, 0.4) is 0 Å². The summed E-state index contributed by atoms with van der Waals surface area (Å²) in [6.07, 6.45) is 2.93. The molecule has 162 valence electrons. The number of guanidine groups is 1. The predicted molar refractivity (Wildman–Crippen MR) is 125 cm³/mol. The van der Waals surface area contributed by atoms with Crippen LogP contribution >= 0.6 is 11.3 Å². The van der Waals surface area contributed by atoms with Gasteiger partial charge in [-0.25, -0.2) is 4.98 Å². The van der Waals surface area contributed by atoms with Gasteiger partial charge in [0, 0.05) is 83.6 Å². The molecule has 2 N–H and O–H groups in total. The monoisotopic (exact) mass is 427 g/mol. The Morgan fingerprint density at radius 2 is 1.70 bits per heavy atom. The van der Waals surface area contributed by atoms with E-state index in [9.17, 15) is 0 Å². The zero-order valence-corrected chi connectivity index (χ0v) is 18.5. The molecule has 0 spiro atoms. The molecule has 3 heterocycles. The summed E-state index contributed by atoms with van der Waals surface area (Å²) in [6.45, 7) is 11.3. The number of aliphatic imine (C=N–C) groups is 1. The smallest absolute Gasteiger partial charge is 0.191 e. The van der Waals surface area contributed by atoms with Crippen LogP contribution in [0.2, 0.25) is 0 Å². The second kappa shape index (κ2) is 10.7. The van der Waals surface area contributed by atoms with Crippen molar-refractivity contribution in [3.8, 4) is 0 Å². The number of thiazole rings is 1. The third-order valence-corrected chi connectivity index (χ3v) is 6.75. The minimum Gasteiger partial charge on any atom is -0.370 e. The summed E-state index contributed by atoms with van der Waals surface area (Å²) in [6, 6.07) is 10.8. The quantitative estimate of drug-likeness (QED) is 0.413. The van der Waals surface area contributed by atoms with Crippen LogP contribution < -0.4 is 10.6 Å². The molecule has 4 rings (SSSR count). The molecule has 2 aliphatic heterocycles. The molecule has 1 aromatic heterocycles. The SMILES string of the molecule is NC(=NCCCN1CCN(Cc2ccccc2)CC1)N1CCN(c2nccs2)CC1. The molecule has 0 amide bonds. The van der Waals surface area contributed by atoms with Gasteiger partial charge in [0.1, 0.15) is 0 Å². The molecule has 0 atom stereocenters. The first-order chi connectivity index (χ1) is 14.8. The van der Waals surface area contributed by atoms with Gasteiger partial charge in [0.2, 0.25) is 0 Å². The second-order valence-electron chi connectivity index (χ2n) is 7.99. The van der Waals surface area contributed by atoms with E-state index in [4.69, 9.17) is 5.73 Å². The number of hydrogen-bond acceptors (Lipinski definition) is 6.